The summed E-state index contributed by atoms with van der Waals surface area (Å²) >= 11 is 5.81. The van der Waals surface area contributed by atoms with E-state index in [0.717, 1.165) is 12.8 Å². The van der Waals surface area contributed by atoms with E-state index in [-0.39, 0.29) is 24.8 Å². The van der Waals surface area contributed by atoms with Crippen LogP contribution in [0.2, 0.25) is 5.02 Å². The largest absolute Gasteiger partial charge is 0.447 e. The molecule has 0 aliphatic carbocycles. The van der Waals surface area contributed by atoms with Crippen LogP contribution >= 0.6 is 11.6 Å². The van der Waals surface area contributed by atoms with Crippen molar-refractivity contribution in [1.82, 2.24) is 10.2 Å². The van der Waals surface area contributed by atoms with E-state index < -0.39 is 12.1 Å². The average molecular weight is 415 g/mol. The highest BCUT2D eigenvalue weighted by molar-refractivity contribution is 6.30. The third-order valence-corrected chi connectivity index (χ3v) is 4.97. The number of ether oxygens (including phenoxy) is 1. The fourth-order valence-corrected chi connectivity index (χ4v) is 3.29. The summed E-state index contributed by atoms with van der Waals surface area (Å²) < 4.78 is 5.52. The van der Waals surface area contributed by atoms with Crippen LogP contribution in [0.5, 0.6) is 0 Å². The first kappa shape index (κ1) is 20.9. The van der Waals surface area contributed by atoms with Gasteiger partial charge in [0, 0.05) is 35.8 Å². The van der Waals surface area contributed by atoms with Gasteiger partial charge >= 0.3 is 5.97 Å². The van der Waals surface area contributed by atoms with Gasteiger partial charge in [0.1, 0.15) is 0 Å². The molecule has 7 heteroatoms. The number of halogens is 1. The van der Waals surface area contributed by atoms with Gasteiger partial charge in [-0.2, -0.15) is 0 Å². The Morgan fingerprint density at radius 2 is 1.66 bits per heavy atom. The number of hydrogen-bond donors (Lipinski definition) is 1. The number of carbonyl (C=O) groups is 3. The zero-order chi connectivity index (χ0) is 20.6. The highest BCUT2D eigenvalue weighted by Gasteiger charge is 2.30. The van der Waals surface area contributed by atoms with Crippen molar-refractivity contribution in [3.63, 3.8) is 0 Å². The highest BCUT2D eigenvalue weighted by atomic mass is 35.5. The Hall–Kier alpha value is -2.86. The molecule has 0 aromatic heterocycles. The molecule has 0 saturated carbocycles. The fraction of sp³-hybridized carbons (Fsp3) is 0.318. The molecular formula is C22H23ClN2O4. The SMILES string of the molecule is O=C(CCNC(=O)c1ccc(Cl)cc1)OC(C(=O)N1CCCC1)c1ccccc1. The summed E-state index contributed by atoms with van der Waals surface area (Å²) in [4.78, 5) is 39.0. The van der Waals surface area contributed by atoms with Crippen LogP contribution in [-0.2, 0) is 14.3 Å². The van der Waals surface area contributed by atoms with Gasteiger partial charge in [-0.25, -0.2) is 0 Å². The Balaban J connectivity index is 1.56. The number of rotatable bonds is 7. The van der Waals surface area contributed by atoms with E-state index in [1.165, 1.54) is 0 Å². The maximum absolute atomic E-state index is 12.8. The second-order valence-corrected chi connectivity index (χ2v) is 7.26. The molecule has 3 rings (SSSR count). The molecular weight excluding hydrogens is 392 g/mol. The summed E-state index contributed by atoms with van der Waals surface area (Å²) in [6, 6.07) is 15.5. The smallest absolute Gasteiger partial charge is 0.308 e. The number of hydrogen-bond acceptors (Lipinski definition) is 4. The highest BCUT2D eigenvalue weighted by Crippen LogP contribution is 2.23. The minimum Gasteiger partial charge on any atom is -0.447 e. The van der Waals surface area contributed by atoms with Crippen molar-refractivity contribution in [2.24, 2.45) is 0 Å². The maximum Gasteiger partial charge on any atom is 0.308 e. The Morgan fingerprint density at radius 3 is 2.31 bits per heavy atom. The molecule has 1 atom stereocenters. The molecule has 0 spiro atoms. The molecule has 1 aliphatic rings. The van der Waals surface area contributed by atoms with Gasteiger partial charge in [-0.05, 0) is 37.1 Å². The lowest BCUT2D eigenvalue weighted by Gasteiger charge is -2.23. The van der Waals surface area contributed by atoms with Gasteiger partial charge in [0.2, 0.25) is 6.10 Å². The van der Waals surface area contributed by atoms with Crippen LogP contribution in [-0.4, -0.2) is 42.3 Å². The molecule has 2 aromatic rings. The van der Waals surface area contributed by atoms with E-state index in [1.54, 1.807) is 53.4 Å². The van der Waals surface area contributed by atoms with Crippen molar-refractivity contribution in [1.29, 1.82) is 0 Å². The summed E-state index contributed by atoms with van der Waals surface area (Å²) in [6.45, 7) is 1.47. The molecule has 2 aromatic carbocycles. The van der Waals surface area contributed by atoms with Gasteiger partial charge < -0.3 is 15.0 Å². The maximum atomic E-state index is 12.8. The second-order valence-electron chi connectivity index (χ2n) is 6.83. The van der Waals surface area contributed by atoms with Gasteiger partial charge in [0.25, 0.3) is 11.8 Å². The Morgan fingerprint density at radius 1 is 1.00 bits per heavy atom. The van der Waals surface area contributed by atoms with Crippen molar-refractivity contribution in [2.45, 2.75) is 25.4 Å². The van der Waals surface area contributed by atoms with E-state index in [1.807, 2.05) is 6.07 Å². The molecule has 6 nitrogen and oxygen atoms in total. The fourth-order valence-electron chi connectivity index (χ4n) is 3.16. The monoisotopic (exact) mass is 414 g/mol. The lowest BCUT2D eigenvalue weighted by Crippen LogP contribution is -2.35. The second kappa shape index (κ2) is 10.1. The predicted molar refractivity (Wildman–Crippen MR) is 109 cm³/mol. The number of nitrogens with zero attached hydrogens (tertiary/aromatic N) is 1. The van der Waals surface area contributed by atoms with Crippen LogP contribution in [0, 0.1) is 0 Å². The molecule has 1 unspecified atom stereocenters. The molecule has 29 heavy (non-hydrogen) atoms. The van der Waals surface area contributed by atoms with Crippen molar-refractivity contribution in [3.05, 3.63) is 70.7 Å². The van der Waals surface area contributed by atoms with Gasteiger partial charge in [-0.1, -0.05) is 41.9 Å². The summed E-state index contributed by atoms with van der Waals surface area (Å²) in [5.74, 6) is -1.04. The van der Waals surface area contributed by atoms with E-state index in [4.69, 9.17) is 16.3 Å². The number of esters is 1. The first-order valence-electron chi connectivity index (χ1n) is 9.61. The van der Waals surface area contributed by atoms with Crippen molar-refractivity contribution >= 4 is 29.4 Å². The van der Waals surface area contributed by atoms with Crippen molar-refractivity contribution in [3.8, 4) is 0 Å². The molecule has 0 radical (unpaired) electrons. The quantitative estimate of drug-likeness (QED) is 0.705. The van der Waals surface area contributed by atoms with Crippen LogP contribution in [0.1, 0.15) is 41.3 Å². The third kappa shape index (κ3) is 5.81. The zero-order valence-electron chi connectivity index (χ0n) is 16.0. The van der Waals surface area contributed by atoms with Gasteiger partial charge in [-0.15, -0.1) is 0 Å². The van der Waals surface area contributed by atoms with Crippen LogP contribution < -0.4 is 5.32 Å². The Labute approximate surface area is 174 Å². The Kier molecular flexibility index (Phi) is 7.25. The number of nitrogens with one attached hydrogen (secondary N) is 1. The van der Waals surface area contributed by atoms with Crippen LogP contribution in [0.25, 0.3) is 0 Å². The van der Waals surface area contributed by atoms with Crippen LogP contribution in [0.3, 0.4) is 0 Å². The zero-order valence-corrected chi connectivity index (χ0v) is 16.7. The summed E-state index contributed by atoms with van der Waals surface area (Å²) in [7, 11) is 0. The van der Waals surface area contributed by atoms with E-state index in [2.05, 4.69) is 5.32 Å². The lowest BCUT2D eigenvalue weighted by molar-refractivity contribution is -0.160. The van der Waals surface area contributed by atoms with Gasteiger partial charge in [0.05, 0.1) is 6.42 Å². The average Bonchev–Trinajstić information content (AvgIpc) is 3.27. The molecule has 152 valence electrons. The molecule has 1 heterocycles. The van der Waals surface area contributed by atoms with E-state index in [0.29, 0.717) is 29.2 Å². The van der Waals surface area contributed by atoms with E-state index in [9.17, 15) is 14.4 Å². The summed E-state index contributed by atoms with van der Waals surface area (Å²) in [6.07, 6.45) is 0.917. The summed E-state index contributed by atoms with van der Waals surface area (Å²) in [5, 5.41) is 3.21. The standard InChI is InChI=1S/C22H23ClN2O4/c23-18-10-8-17(9-11-18)21(27)24-13-12-19(26)29-20(16-6-2-1-3-7-16)22(28)25-14-4-5-15-25/h1-3,6-11,20H,4-5,12-15H2,(H,24,27). The molecule has 1 fully saturated rings. The lowest BCUT2D eigenvalue weighted by atomic mass is 10.1. The predicted octanol–water partition coefficient (Wildman–Crippen LogP) is 3.37. The molecule has 1 aliphatic heterocycles. The van der Waals surface area contributed by atoms with E-state index >= 15 is 0 Å². The minimum atomic E-state index is -0.964. The molecule has 2 amide bonds. The number of likely N-dealkylation sites (tertiary alicyclic amines) is 1. The minimum absolute atomic E-state index is 0.0318. The normalized spacial score (nSPS) is 14.3. The molecule has 0 bridgehead atoms. The van der Waals surface area contributed by atoms with Gasteiger partial charge in [0.15, 0.2) is 0 Å². The number of carbonyl (C=O) groups excluding carboxylic acids is 3. The molecule has 1 saturated heterocycles. The number of benzene rings is 2. The van der Waals surface area contributed by atoms with Crippen LogP contribution in [0.15, 0.2) is 54.6 Å². The van der Waals surface area contributed by atoms with Gasteiger partial charge in [-0.3, -0.25) is 14.4 Å². The first-order valence-corrected chi connectivity index (χ1v) is 9.99. The third-order valence-electron chi connectivity index (χ3n) is 4.71. The van der Waals surface area contributed by atoms with Crippen molar-refractivity contribution in [2.75, 3.05) is 19.6 Å². The summed E-state index contributed by atoms with van der Waals surface area (Å²) in [5.41, 5.74) is 1.09. The van der Waals surface area contributed by atoms with Crippen molar-refractivity contribution < 1.29 is 19.1 Å². The number of amides is 2. The molecule has 1 N–H and O–H groups in total. The topological polar surface area (TPSA) is 75.7 Å². The first-order chi connectivity index (χ1) is 14.0. The van der Waals surface area contributed by atoms with Crippen LogP contribution in [0.4, 0.5) is 0 Å². The Bertz CT molecular complexity index is 849.